The second kappa shape index (κ2) is 3.92. The van der Waals surface area contributed by atoms with Gasteiger partial charge in [0.25, 0.3) is 0 Å². The maximum absolute atomic E-state index is 12.8. The molecule has 2 rings (SSSR count). The minimum atomic E-state index is -0.429. The number of aromatic nitrogens is 1. The van der Waals surface area contributed by atoms with Crippen LogP contribution in [0.3, 0.4) is 0 Å². The Hall–Kier alpha value is -1.16. The number of hydrogen-bond acceptors (Lipinski definition) is 3. The highest BCUT2D eigenvalue weighted by atomic mass is 19.1. The van der Waals surface area contributed by atoms with Crippen molar-refractivity contribution in [1.29, 1.82) is 0 Å². The second-order valence-electron chi connectivity index (χ2n) is 3.74. The van der Waals surface area contributed by atoms with Gasteiger partial charge in [-0.25, -0.2) is 4.98 Å². The molecular weight excluding hydrogens is 181 g/mol. The molecule has 0 amide bonds. The van der Waals surface area contributed by atoms with Crippen LogP contribution in [0.1, 0.15) is 6.42 Å². The topological polar surface area (TPSA) is 28.2 Å². The number of hydrogen-bond donors (Lipinski definition) is 1. The van der Waals surface area contributed by atoms with E-state index in [1.807, 2.05) is 0 Å². The van der Waals surface area contributed by atoms with Crippen molar-refractivity contribution in [1.82, 2.24) is 9.88 Å². The highest BCUT2D eigenvalue weighted by molar-refractivity contribution is 5.35. The van der Waals surface area contributed by atoms with Crippen molar-refractivity contribution in [3.8, 4) is 0 Å². The molecule has 1 aliphatic rings. The van der Waals surface area contributed by atoms with Crippen molar-refractivity contribution in [2.45, 2.75) is 12.5 Å². The summed E-state index contributed by atoms with van der Waals surface area (Å²) in [4.78, 5) is 6.01. The Kier molecular flexibility index (Phi) is 2.63. The van der Waals surface area contributed by atoms with E-state index < -0.39 is 5.95 Å². The molecule has 1 aromatic rings. The minimum absolute atomic E-state index is 0.397. The Morgan fingerprint density at radius 1 is 1.57 bits per heavy atom. The Morgan fingerprint density at radius 2 is 2.43 bits per heavy atom. The first-order chi connectivity index (χ1) is 6.74. The normalized spacial score (nSPS) is 22.6. The van der Waals surface area contributed by atoms with Crippen LogP contribution in [0.5, 0.6) is 0 Å². The van der Waals surface area contributed by atoms with Gasteiger partial charge in [0.2, 0.25) is 5.95 Å². The maximum Gasteiger partial charge on any atom is 0.214 e. The summed E-state index contributed by atoms with van der Waals surface area (Å²) in [7, 11) is 2.08. The summed E-state index contributed by atoms with van der Waals surface area (Å²) in [6.45, 7) is 2.09. The van der Waals surface area contributed by atoms with Crippen molar-refractivity contribution >= 4 is 5.82 Å². The standard InChI is InChI=1S/C10H14FN3/c1-14-6-5-8(7-14)12-10-4-2-3-9(11)13-10/h2-4,8H,5-7H2,1H3,(H,12,13). The van der Waals surface area contributed by atoms with Crippen molar-refractivity contribution < 1.29 is 4.39 Å². The van der Waals surface area contributed by atoms with Crippen LogP contribution >= 0.6 is 0 Å². The Labute approximate surface area is 82.9 Å². The largest absolute Gasteiger partial charge is 0.366 e. The molecule has 1 saturated heterocycles. The second-order valence-corrected chi connectivity index (χ2v) is 3.74. The average Bonchev–Trinajstić information content (AvgIpc) is 2.51. The molecule has 0 bridgehead atoms. The van der Waals surface area contributed by atoms with Crippen LogP contribution in [-0.4, -0.2) is 36.1 Å². The third-order valence-electron chi connectivity index (χ3n) is 2.46. The van der Waals surface area contributed by atoms with Crippen LogP contribution in [0.25, 0.3) is 0 Å². The van der Waals surface area contributed by atoms with Gasteiger partial charge in [0.15, 0.2) is 0 Å². The van der Waals surface area contributed by atoms with Crippen LogP contribution in [0.15, 0.2) is 18.2 Å². The molecule has 1 aliphatic heterocycles. The van der Waals surface area contributed by atoms with Crippen LogP contribution in [0.2, 0.25) is 0 Å². The average molecular weight is 195 g/mol. The zero-order chi connectivity index (χ0) is 9.97. The Morgan fingerprint density at radius 3 is 3.07 bits per heavy atom. The van der Waals surface area contributed by atoms with Gasteiger partial charge in [0.05, 0.1) is 0 Å². The third-order valence-corrected chi connectivity index (χ3v) is 2.46. The van der Waals surface area contributed by atoms with E-state index in [9.17, 15) is 4.39 Å². The molecule has 76 valence electrons. The number of halogens is 1. The summed E-state index contributed by atoms with van der Waals surface area (Å²) in [5, 5.41) is 3.22. The van der Waals surface area contributed by atoms with Gasteiger partial charge < -0.3 is 10.2 Å². The van der Waals surface area contributed by atoms with Crippen LogP contribution in [0, 0.1) is 5.95 Å². The summed E-state index contributed by atoms with van der Waals surface area (Å²) in [5.41, 5.74) is 0. The molecular formula is C10H14FN3. The first-order valence-corrected chi connectivity index (χ1v) is 4.82. The van der Waals surface area contributed by atoms with Gasteiger partial charge in [-0.15, -0.1) is 0 Å². The number of nitrogens with zero attached hydrogens (tertiary/aromatic N) is 2. The van der Waals surface area contributed by atoms with Crippen molar-refractivity contribution in [3.63, 3.8) is 0 Å². The lowest BCUT2D eigenvalue weighted by Crippen LogP contribution is -2.24. The first-order valence-electron chi connectivity index (χ1n) is 4.82. The molecule has 1 aromatic heterocycles. The first kappa shape index (κ1) is 9.40. The van der Waals surface area contributed by atoms with Crippen molar-refractivity contribution in [2.75, 3.05) is 25.5 Å². The van der Waals surface area contributed by atoms with E-state index in [4.69, 9.17) is 0 Å². The lowest BCUT2D eigenvalue weighted by Gasteiger charge is -2.12. The monoisotopic (exact) mass is 195 g/mol. The van der Waals surface area contributed by atoms with E-state index >= 15 is 0 Å². The van der Waals surface area contributed by atoms with Gasteiger partial charge in [-0.05, 0) is 32.1 Å². The summed E-state index contributed by atoms with van der Waals surface area (Å²) < 4.78 is 12.8. The van der Waals surface area contributed by atoms with Crippen molar-refractivity contribution in [3.05, 3.63) is 24.1 Å². The molecule has 3 nitrogen and oxygen atoms in total. The summed E-state index contributed by atoms with van der Waals surface area (Å²) in [6, 6.07) is 5.21. The van der Waals surface area contributed by atoms with Gasteiger partial charge >= 0.3 is 0 Å². The lowest BCUT2D eigenvalue weighted by molar-refractivity contribution is 0.414. The van der Waals surface area contributed by atoms with E-state index in [1.165, 1.54) is 6.07 Å². The summed E-state index contributed by atoms with van der Waals surface area (Å²) in [6.07, 6.45) is 1.09. The van der Waals surface area contributed by atoms with Crippen LogP contribution in [-0.2, 0) is 0 Å². The molecule has 2 heterocycles. The van der Waals surface area contributed by atoms with Crippen molar-refractivity contribution in [2.24, 2.45) is 0 Å². The number of pyridine rings is 1. The molecule has 0 spiro atoms. The number of likely N-dealkylation sites (N-methyl/N-ethyl adjacent to an activating group) is 1. The predicted octanol–water partition coefficient (Wildman–Crippen LogP) is 1.34. The Balaban J connectivity index is 1.97. The molecule has 14 heavy (non-hydrogen) atoms. The van der Waals surface area contributed by atoms with E-state index in [-0.39, 0.29) is 0 Å². The molecule has 0 saturated carbocycles. The van der Waals surface area contributed by atoms with Gasteiger partial charge in [-0.2, -0.15) is 4.39 Å². The maximum atomic E-state index is 12.8. The summed E-state index contributed by atoms with van der Waals surface area (Å²) >= 11 is 0. The predicted molar refractivity (Wildman–Crippen MR) is 53.7 cm³/mol. The van der Waals surface area contributed by atoms with Gasteiger partial charge in [-0.1, -0.05) is 6.07 Å². The highest BCUT2D eigenvalue weighted by Crippen LogP contribution is 2.12. The third kappa shape index (κ3) is 2.20. The lowest BCUT2D eigenvalue weighted by atomic mass is 10.2. The van der Waals surface area contributed by atoms with E-state index in [2.05, 4.69) is 22.2 Å². The molecule has 1 atom stereocenters. The van der Waals surface area contributed by atoms with Gasteiger partial charge in [-0.3, -0.25) is 0 Å². The quantitative estimate of drug-likeness (QED) is 0.722. The molecule has 0 aliphatic carbocycles. The van der Waals surface area contributed by atoms with Crippen LogP contribution in [0.4, 0.5) is 10.2 Å². The zero-order valence-corrected chi connectivity index (χ0v) is 8.20. The summed E-state index contributed by atoms with van der Waals surface area (Å²) in [5.74, 6) is 0.201. The minimum Gasteiger partial charge on any atom is -0.366 e. The molecule has 4 heteroatoms. The van der Waals surface area contributed by atoms with E-state index in [0.29, 0.717) is 11.9 Å². The number of likely N-dealkylation sites (tertiary alicyclic amines) is 1. The van der Waals surface area contributed by atoms with E-state index in [0.717, 1.165) is 19.5 Å². The van der Waals surface area contributed by atoms with Gasteiger partial charge in [0, 0.05) is 12.6 Å². The molecule has 0 radical (unpaired) electrons. The molecule has 0 aromatic carbocycles. The van der Waals surface area contributed by atoms with Crippen LogP contribution < -0.4 is 5.32 Å². The fraction of sp³-hybridized carbons (Fsp3) is 0.500. The fourth-order valence-corrected chi connectivity index (χ4v) is 1.75. The Bertz CT molecular complexity index is 316. The van der Waals surface area contributed by atoms with E-state index in [1.54, 1.807) is 12.1 Å². The zero-order valence-electron chi connectivity index (χ0n) is 8.20. The molecule has 1 fully saturated rings. The SMILES string of the molecule is CN1CCC(Nc2cccc(F)n2)C1. The van der Waals surface area contributed by atoms with Gasteiger partial charge in [0.1, 0.15) is 5.82 Å². The molecule has 1 unspecified atom stereocenters. The smallest absolute Gasteiger partial charge is 0.214 e. The fourth-order valence-electron chi connectivity index (χ4n) is 1.75. The number of rotatable bonds is 2. The number of anilines is 1. The number of nitrogens with one attached hydrogen (secondary N) is 1. The molecule has 1 N–H and O–H groups in total. The highest BCUT2D eigenvalue weighted by Gasteiger charge is 2.19.